The van der Waals surface area contributed by atoms with Gasteiger partial charge in [-0.05, 0) is 50.1 Å². The van der Waals surface area contributed by atoms with Gasteiger partial charge in [0.2, 0.25) is 5.91 Å². The van der Waals surface area contributed by atoms with Gasteiger partial charge in [-0.2, -0.15) is 5.10 Å². The summed E-state index contributed by atoms with van der Waals surface area (Å²) >= 11 is 0. The van der Waals surface area contributed by atoms with Gasteiger partial charge in [-0.25, -0.2) is 9.48 Å². The van der Waals surface area contributed by atoms with E-state index in [-0.39, 0.29) is 5.91 Å². The fourth-order valence-corrected chi connectivity index (χ4v) is 3.17. The maximum absolute atomic E-state index is 12.9. The molecule has 3 rings (SSSR count). The molecular formula is C23H25N3O3. The maximum atomic E-state index is 12.9. The van der Waals surface area contributed by atoms with Crippen LogP contribution >= 0.6 is 0 Å². The van der Waals surface area contributed by atoms with E-state index in [4.69, 9.17) is 4.74 Å². The van der Waals surface area contributed by atoms with E-state index in [1.54, 1.807) is 40.9 Å². The van der Waals surface area contributed by atoms with Gasteiger partial charge in [0.25, 0.3) is 0 Å². The van der Waals surface area contributed by atoms with Gasteiger partial charge in [-0.15, -0.1) is 0 Å². The van der Waals surface area contributed by atoms with Crippen LogP contribution in [0.5, 0.6) is 0 Å². The van der Waals surface area contributed by atoms with Gasteiger partial charge < -0.3 is 9.64 Å². The Morgan fingerprint density at radius 3 is 2.48 bits per heavy atom. The van der Waals surface area contributed by atoms with E-state index in [0.717, 1.165) is 11.3 Å². The summed E-state index contributed by atoms with van der Waals surface area (Å²) in [5.41, 5.74) is 2.94. The summed E-state index contributed by atoms with van der Waals surface area (Å²) in [6.45, 7) is 4.42. The van der Waals surface area contributed by atoms with Crippen LogP contribution in [0, 0.1) is 0 Å². The molecule has 29 heavy (non-hydrogen) atoms. The smallest absolute Gasteiger partial charge is 0.340 e. The van der Waals surface area contributed by atoms with Crippen LogP contribution in [-0.4, -0.2) is 34.8 Å². The number of amides is 1. The lowest BCUT2D eigenvalue weighted by atomic mass is 10.1. The molecular weight excluding hydrogens is 366 g/mol. The van der Waals surface area contributed by atoms with Crippen LogP contribution in [0.2, 0.25) is 0 Å². The molecule has 1 amide bonds. The summed E-state index contributed by atoms with van der Waals surface area (Å²) in [5.74, 6) is -0.463. The second kappa shape index (κ2) is 9.68. The average molecular weight is 391 g/mol. The molecule has 0 unspecified atom stereocenters. The van der Waals surface area contributed by atoms with Crippen LogP contribution in [0.25, 0.3) is 5.69 Å². The van der Waals surface area contributed by atoms with Crippen molar-refractivity contribution in [2.45, 2.75) is 26.7 Å². The third-order valence-electron chi connectivity index (χ3n) is 4.59. The lowest BCUT2D eigenvalue weighted by molar-refractivity contribution is -0.118. The molecule has 0 aliphatic carbocycles. The first-order valence-corrected chi connectivity index (χ1v) is 9.79. The van der Waals surface area contributed by atoms with Gasteiger partial charge in [0.15, 0.2) is 0 Å². The zero-order valence-electron chi connectivity index (χ0n) is 16.7. The van der Waals surface area contributed by atoms with Crippen LogP contribution < -0.4 is 4.90 Å². The van der Waals surface area contributed by atoms with Crippen LogP contribution in [0.4, 0.5) is 5.69 Å². The first kappa shape index (κ1) is 20.3. The van der Waals surface area contributed by atoms with Crippen molar-refractivity contribution in [2.24, 2.45) is 0 Å². The Kier molecular flexibility index (Phi) is 6.79. The molecule has 0 saturated carbocycles. The Morgan fingerprint density at radius 1 is 1.03 bits per heavy atom. The molecule has 0 saturated heterocycles. The van der Waals surface area contributed by atoms with E-state index in [1.807, 2.05) is 49.5 Å². The standard InChI is InChI=1S/C23H25N3O3/c1-3-25(21-13-9-8-12-20(21)23(28)29-4-2)22(27)15-14-18-16-24-26(17-18)19-10-6-5-7-11-19/h5-13,16-17H,3-4,14-15H2,1-2H3. The summed E-state index contributed by atoms with van der Waals surface area (Å²) in [6, 6.07) is 16.9. The number of carbonyl (C=O) groups excluding carboxylic acids is 2. The highest BCUT2D eigenvalue weighted by Gasteiger charge is 2.21. The molecule has 0 N–H and O–H groups in total. The molecule has 0 aliphatic heterocycles. The highest BCUT2D eigenvalue weighted by molar-refractivity contribution is 6.02. The number of anilines is 1. The molecule has 0 spiro atoms. The quantitative estimate of drug-likeness (QED) is 0.544. The Balaban J connectivity index is 1.70. The van der Waals surface area contributed by atoms with Crippen molar-refractivity contribution in [2.75, 3.05) is 18.1 Å². The van der Waals surface area contributed by atoms with Gasteiger partial charge in [-0.1, -0.05) is 30.3 Å². The largest absolute Gasteiger partial charge is 0.462 e. The fraction of sp³-hybridized carbons (Fsp3) is 0.261. The lowest BCUT2D eigenvalue weighted by Gasteiger charge is -2.23. The molecule has 150 valence electrons. The van der Waals surface area contributed by atoms with Gasteiger partial charge in [0.05, 0.1) is 29.7 Å². The van der Waals surface area contributed by atoms with Crippen molar-refractivity contribution in [1.82, 2.24) is 9.78 Å². The predicted molar refractivity (Wildman–Crippen MR) is 112 cm³/mol. The summed E-state index contributed by atoms with van der Waals surface area (Å²) in [4.78, 5) is 26.8. The Hall–Kier alpha value is -3.41. The number of carbonyl (C=O) groups is 2. The second-order valence-corrected chi connectivity index (χ2v) is 6.50. The predicted octanol–water partition coefficient (Wildman–Crippen LogP) is 4.03. The topological polar surface area (TPSA) is 64.4 Å². The number of esters is 1. The second-order valence-electron chi connectivity index (χ2n) is 6.50. The van der Waals surface area contributed by atoms with Crippen molar-refractivity contribution in [3.63, 3.8) is 0 Å². The minimum Gasteiger partial charge on any atom is -0.462 e. The zero-order chi connectivity index (χ0) is 20.6. The maximum Gasteiger partial charge on any atom is 0.340 e. The van der Waals surface area contributed by atoms with Crippen molar-refractivity contribution in [1.29, 1.82) is 0 Å². The number of ether oxygens (including phenoxy) is 1. The van der Waals surface area contributed by atoms with E-state index in [9.17, 15) is 9.59 Å². The number of nitrogens with zero attached hydrogens (tertiary/aromatic N) is 3. The first-order valence-electron chi connectivity index (χ1n) is 9.79. The molecule has 3 aromatic rings. The number of benzene rings is 2. The number of rotatable bonds is 8. The molecule has 0 radical (unpaired) electrons. The third kappa shape index (κ3) is 4.90. The summed E-state index contributed by atoms with van der Waals surface area (Å²) in [6.07, 6.45) is 4.61. The molecule has 0 fully saturated rings. The Labute approximate surface area is 170 Å². The van der Waals surface area contributed by atoms with Crippen LogP contribution in [-0.2, 0) is 16.0 Å². The van der Waals surface area contributed by atoms with Crippen molar-refractivity contribution >= 4 is 17.6 Å². The van der Waals surface area contributed by atoms with Gasteiger partial charge in [0.1, 0.15) is 0 Å². The van der Waals surface area contributed by atoms with Crippen LogP contribution in [0.1, 0.15) is 36.2 Å². The third-order valence-corrected chi connectivity index (χ3v) is 4.59. The summed E-state index contributed by atoms with van der Waals surface area (Å²) < 4.78 is 6.93. The number of aryl methyl sites for hydroxylation is 1. The number of aromatic nitrogens is 2. The molecule has 6 heteroatoms. The molecule has 6 nitrogen and oxygen atoms in total. The van der Waals surface area contributed by atoms with Crippen LogP contribution in [0.15, 0.2) is 67.0 Å². The van der Waals surface area contributed by atoms with Gasteiger partial charge >= 0.3 is 5.97 Å². The SMILES string of the molecule is CCOC(=O)c1ccccc1N(CC)C(=O)CCc1cnn(-c2ccccc2)c1. The summed E-state index contributed by atoms with van der Waals surface area (Å²) in [7, 11) is 0. The van der Waals surface area contributed by atoms with Crippen molar-refractivity contribution < 1.29 is 14.3 Å². The van der Waals surface area contributed by atoms with E-state index in [2.05, 4.69) is 5.10 Å². The zero-order valence-corrected chi connectivity index (χ0v) is 16.7. The average Bonchev–Trinajstić information content (AvgIpc) is 3.23. The van der Waals surface area contributed by atoms with E-state index < -0.39 is 5.97 Å². The Bertz CT molecular complexity index is 966. The summed E-state index contributed by atoms with van der Waals surface area (Å²) in [5, 5.41) is 4.38. The number of hydrogen-bond donors (Lipinski definition) is 0. The molecule has 0 aliphatic rings. The molecule has 0 atom stereocenters. The highest BCUT2D eigenvalue weighted by Crippen LogP contribution is 2.22. The van der Waals surface area contributed by atoms with Crippen molar-refractivity contribution in [3.8, 4) is 5.69 Å². The Morgan fingerprint density at radius 2 is 1.76 bits per heavy atom. The van der Waals surface area contributed by atoms with Crippen LogP contribution in [0.3, 0.4) is 0 Å². The van der Waals surface area contributed by atoms with E-state index in [0.29, 0.717) is 37.2 Å². The highest BCUT2D eigenvalue weighted by atomic mass is 16.5. The van der Waals surface area contributed by atoms with E-state index >= 15 is 0 Å². The fourth-order valence-electron chi connectivity index (χ4n) is 3.17. The number of para-hydroxylation sites is 2. The van der Waals surface area contributed by atoms with E-state index in [1.165, 1.54) is 0 Å². The first-order chi connectivity index (χ1) is 14.1. The van der Waals surface area contributed by atoms with Gasteiger partial charge in [-0.3, -0.25) is 4.79 Å². The minimum atomic E-state index is -0.418. The molecule has 2 aromatic carbocycles. The molecule has 1 aromatic heterocycles. The number of hydrogen-bond acceptors (Lipinski definition) is 4. The molecule has 1 heterocycles. The molecule has 0 bridgehead atoms. The lowest BCUT2D eigenvalue weighted by Crippen LogP contribution is -2.32. The van der Waals surface area contributed by atoms with Gasteiger partial charge in [0, 0.05) is 19.2 Å². The minimum absolute atomic E-state index is 0.0447. The monoisotopic (exact) mass is 391 g/mol. The van der Waals surface area contributed by atoms with Crippen molar-refractivity contribution in [3.05, 3.63) is 78.1 Å². The normalized spacial score (nSPS) is 10.6.